The zero-order chi connectivity index (χ0) is 9.56. The molecule has 0 aliphatic rings. The number of hydrogen-bond acceptors (Lipinski definition) is 1. The van der Waals surface area contributed by atoms with Gasteiger partial charge in [0.05, 0.1) is 12.9 Å². The summed E-state index contributed by atoms with van der Waals surface area (Å²) in [6.07, 6.45) is 0. The average Bonchev–Trinajstić information content (AvgIpc) is 2.13. The normalized spacial score (nSPS) is 8.42. The van der Waals surface area contributed by atoms with Gasteiger partial charge in [-0.25, -0.2) is 0 Å². The molecule has 0 aliphatic carbocycles. The van der Waals surface area contributed by atoms with Crippen molar-refractivity contribution in [2.24, 2.45) is 0 Å². The Bertz CT molecular complexity index is 242. The Morgan fingerprint density at radius 3 is 2.50 bits per heavy atom. The van der Waals surface area contributed by atoms with Gasteiger partial charge in [-0.05, 0) is 0 Å². The number of benzene rings is 1. The maximum absolute atomic E-state index is 5.75. The van der Waals surface area contributed by atoms with Crippen LogP contribution in [-0.2, 0) is 16.3 Å². The van der Waals surface area contributed by atoms with E-state index in [4.69, 9.17) is 16.3 Å². The van der Waals surface area contributed by atoms with Crippen molar-refractivity contribution in [3.8, 4) is 5.75 Å². The molecule has 0 aromatic heterocycles. The van der Waals surface area contributed by atoms with Gasteiger partial charge in [0.15, 0.2) is 0 Å². The summed E-state index contributed by atoms with van der Waals surface area (Å²) in [5.74, 6) is 0.761. The van der Waals surface area contributed by atoms with E-state index in [9.17, 15) is 0 Å². The van der Waals surface area contributed by atoms with Crippen LogP contribution in [0.4, 0.5) is 0 Å². The molecular formula is C8H8BrClOZn. The summed E-state index contributed by atoms with van der Waals surface area (Å²) in [6.45, 7) is 3.71. The van der Waals surface area contributed by atoms with Crippen LogP contribution in [0.1, 0.15) is 5.56 Å². The first-order valence-corrected chi connectivity index (χ1v) is 10.5. The second-order valence-electron chi connectivity index (χ2n) is 1.96. The van der Waals surface area contributed by atoms with Gasteiger partial charge in [-0.3, -0.25) is 0 Å². The van der Waals surface area contributed by atoms with Crippen molar-refractivity contribution in [2.45, 2.75) is 0 Å². The van der Waals surface area contributed by atoms with Crippen molar-refractivity contribution in [3.05, 3.63) is 35.7 Å². The Morgan fingerprint density at radius 1 is 1.50 bits per heavy atom. The third kappa shape index (κ3) is 3.79. The molecule has 0 heterocycles. The van der Waals surface area contributed by atoms with Crippen molar-refractivity contribution in [3.63, 3.8) is 0 Å². The third-order valence-corrected chi connectivity index (χ3v) is 1.61. The fourth-order valence-electron chi connectivity index (χ4n) is 0.655. The van der Waals surface area contributed by atoms with Crippen LogP contribution in [0, 0.1) is 6.92 Å². The van der Waals surface area contributed by atoms with E-state index in [0.717, 1.165) is 11.3 Å². The summed E-state index contributed by atoms with van der Waals surface area (Å²) in [6, 6.07) is 5.39. The zero-order valence-corrected chi connectivity index (χ0v) is 12.1. The summed E-state index contributed by atoms with van der Waals surface area (Å²) >= 11 is 10.0. The molecular weight excluding hydrogens is 293 g/mol. The van der Waals surface area contributed by atoms with Gasteiger partial charge in [0.1, 0.15) is 0 Å². The van der Waals surface area contributed by atoms with Crippen molar-refractivity contribution in [1.29, 1.82) is 0 Å². The van der Waals surface area contributed by atoms with Crippen molar-refractivity contribution < 1.29 is 21.1 Å². The van der Waals surface area contributed by atoms with E-state index in [-0.39, 0.29) is 0 Å². The van der Waals surface area contributed by atoms with Crippen molar-refractivity contribution in [2.75, 3.05) is 7.11 Å². The molecule has 0 spiro atoms. The molecule has 0 saturated carbocycles. The van der Waals surface area contributed by atoms with Gasteiger partial charge in [-0.15, -0.1) is 0 Å². The SMILES string of the molecule is [CH2-]c1ccc(OC)cc1Cl.[Zn+][Br]. The summed E-state index contributed by atoms with van der Waals surface area (Å²) in [5.41, 5.74) is 0.822. The molecule has 1 rings (SSSR count). The minimum atomic E-state index is 0.638. The summed E-state index contributed by atoms with van der Waals surface area (Å²) < 4.78 is 4.94. The molecule has 1 aromatic rings. The van der Waals surface area contributed by atoms with E-state index >= 15 is 0 Å². The topological polar surface area (TPSA) is 9.23 Å². The molecule has 12 heavy (non-hydrogen) atoms. The Kier molecular flexibility index (Phi) is 6.92. The van der Waals surface area contributed by atoms with Crippen LogP contribution in [0.25, 0.3) is 0 Å². The van der Waals surface area contributed by atoms with Crippen LogP contribution < -0.4 is 4.74 Å². The first-order valence-electron chi connectivity index (χ1n) is 3.16. The Morgan fingerprint density at radius 2 is 2.08 bits per heavy atom. The van der Waals surface area contributed by atoms with Gasteiger partial charge in [-0.1, -0.05) is 17.2 Å². The third-order valence-electron chi connectivity index (χ3n) is 1.26. The Labute approximate surface area is 94.5 Å². The van der Waals surface area contributed by atoms with Crippen LogP contribution >= 0.6 is 25.2 Å². The number of rotatable bonds is 1. The molecule has 0 fully saturated rings. The zero-order valence-electron chi connectivity index (χ0n) is 6.81. The molecule has 4 heteroatoms. The number of methoxy groups -OCH3 is 1. The molecule has 1 nitrogen and oxygen atoms in total. The Hall–Kier alpha value is 0.283. The van der Waals surface area contributed by atoms with E-state index in [0.29, 0.717) is 5.02 Å². The standard InChI is InChI=1S/C8H8ClO.BrH.Zn/c1-6-3-4-7(10-2)5-8(6)9;;/h3-5H,1H2,2H3;1H;/q-1;;+2/p-1. The maximum atomic E-state index is 5.75. The predicted molar refractivity (Wildman–Crippen MR) is 51.4 cm³/mol. The fourth-order valence-corrected chi connectivity index (χ4v) is 0.826. The van der Waals surface area contributed by atoms with Crippen LogP contribution in [0.3, 0.4) is 0 Å². The van der Waals surface area contributed by atoms with Crippen LogP contribution in [0.5, 0.6) is 5.75 Å². The second-order valence-corrected chi connectivity index (χ2v) is 2.36. The number of halogens is 2. The van der Waals surface area contributed by atoms with Crippen molar-refractivity contribution in [1.82, 2.24) is 0 Å². The van der Waals surface area contributed by atoms with E-state index in [1.165, 1.54) is 16.3 Å². The molecule has 1 aromatic carbocycles. The van der Waals surface area contributed by atoms with Gasteiger partial charge in [-0.2, -0.15) is 30.2 Å². The number of ether oxygens (including phenoxy) is 1. The van der Waals surface area contributed by atoms with Gasteiger partial charge in [0.2, 0.25) is 0 Å². The van der Waals surface area contributed by atoms with Gasteiger partial charge >= 0.3 is 30.0 Å². The molecule has 0 radical (unpaired) electrons. The minimum absolute atomic E-state index is 0.638. The van der Waals surface area contributed by atoms with Gasteiger partial charge < -0.3 is 4.74 Å². The van der Waals surface area contributed by atoms with Crippen LogP contribution in [0.2, 0.25) is 5.02 Å². The first kappa shape index (κ1) is 12.3. The van der Waals surface area contributed by atoms with E-state index < -0.39 is 0 Å². The van der Waals surface area contributed by atoms with E-state index in [1.54, 1.807) is 13.2 Å². The van der Waals surface area contributed by atoms with Gasteiger partial charge in [0.25, 0.3) is 0 Å². The second kappa shape index (κ2) is 6.76. The molecule has 0 unspecified atom stereocenters. The Balaban J connectivity index is 0.000000561. The summed E-state index contributed by atoms with van der Waals surface area (Å²) in [4.78, 5) is 0. The molecule has 0 amide bonds. The summed E-state index contributed by atoms with van der Waals surface area (Å²) in [7, 11) is 1.61. The van der Waals surface area contributed by atoms with Crippen LogP contribution in [-0.4, -0.2) is 7.11 Å². The average molecular weight is 301 g/mol. The van der Waals surface area contributed by atoms with Gasteiger partial charge in [0, 0.05) is 0 Å². The van der Waals surface area contributed by atoms with E-state index in [2.05, 4.69) is 20.5 Å². The van der Waals surface area contributed by atoms with Crippen LogP contribution in [0.15, 0.2) is 18.2 Å². The quantitative estimate of drug-likeness (QED) is 0.571. The predicted octanol–water partition coefficient (Wildman–Crippen LogP) is 3.37. The fraction of sp³-hybridized carbons (Fsp3) is 0.125. The molecule has 0 bridgehead atoms. The molecule has 0 N–H and O–H groups in total. The molecule has 0 saturated heterocycles. The molecule has 0 aliphatic heterocycles. The molecule has 0 atom stereocenters. The molecule has 62 valence electrons. The van der Waals surface area contributed by atoms with E-state index in [1.807, 2.05) is 12.1 Å². The van der Waals surface area contributed by atoms with Crippen molar-refractivity contribution >= 4 is 25.2 Å². The first-order chi connectivity index (χ1) is 5.74. The summed E-state index contributed by atoms with van der Waals surface area (Å²) in [5, 5.41) is 0.638. The number of hydrogen-bond donors (Lipinski definition) is 0. The monoisotopic (exact) mass is 298 g/mol.